The first kappa shape index (κ1) is 30.3. The summed E-state index contributed by atoms with van der Waals surface area (Å²) in [5.41, 5.74) is 1.89. The normalized spacial score (nSPS) is 13.6. The van der Waals surface area contributed by atoms with E-state index in [1.807, 2.05) is 31.2 Å². The van der Waals surface area contributed by atoms with Crippen LogP contribution in [0, 0.1) is 18.6 Å². The van der Waals surface area contributed by atoms with Gasteiger partial charge in [0.1, 0.15) is 17.9 Å². The van der Waals surface area contributed by atoms with Gasteiger partial charge in [-0.25, -0.2) is 13.6 Å². The molecule has 9 nitrogen and oxygen atoms in total. The van der Waals surface area contributed by atoms with Gasteiger partial charge in [-0.1, -0.05) is 24.8 Å². The predicted molar refractivity (Wildman–Crippen MR) is 147 cm³/mol. The highest BCUT2D eigenvalue weighted by molar-refractivity contribution is 6.05. The molecule has 0 bridgehead atoms. The van der Waals surface area contributed by atoms with E-state index in [-0.39, 0.29) is 49.1 Å². The summed E-state index contributed by atoms with van der Waals surface area (Å²) in [7, 11) is 3.02. The minimum atomic E-state index is -1.13. The highest BCUT2D eigenvalue weighted by atomic mass is 19.1. The average Bonchev–Trinajstić information content (AvgIpc) is 2.90. The number of halogens is 2. The van der Waals surface area contributed by atoms with Crippen LogP contribution in [0.2, 0.25) is 0 Å². The van der Waals surface area contributed by atoms with Crippen molar-refractivity contribution in [3.05, 3.63) is 71.3 Å². The fourth-order valence-electron chi connectivity index (χ4n) is 4.55. The number of rotatable bonds is 12. The van der Waals surface area contributed by atoms with Crippen LogP contribution in [0.1, 0.15) is 36.3 Å². The molecule has 3 amide bonds. The topological polar surface area (TPSA) is 108 Å². The summed E-state index contributed by atoms with van der Waals surface area (Å²) in [6.45, 7) is 6.27. The molecule has 0 saturated carbocycles. The molecule has 40 heavy (non-hydrogen) atoms. The van der Waals surface area contributed by atoms with Gasteiger partial charge in [-0.2, -0.15) is 0 Å². The van der Waals surface area contributed by atoms with Crippen molar-refractivity contribution in [2.45, 2.75) is 38.1 Å². The fraction of sp³-hybridized carbons (Fsp3) is 0.379. The van der Waals surface area contributed by atoms with Crippen molar-refractivity contribution >= 4 is 35.6 Å². The number of carbonyl (C=O) groups excluding carboxylic acids is 4. The van der Waals surface area contributed by atoms with Gasteiger partial charge >= 0.3 is 6.09 Å². The lowest BCUT2D eigenvalue weighted by Gasteiger charge is -2.41. The zero-order chi connectivity index (χ0) is 29.4. The molecule has 11 heteroatoms. The van der Waals surface area contributed by atoms with E-state index in [0.29, 0.717) is 24.9 Å². The first-order valence-electron chi connectivity index (χ1n) is 12.9. The summed E-state index contributed by atoms with van der Waals surface area (Å²) in [6.07, 6.45) is 0.0593. The highest BCUT2D eigenvalue weighted by Crippen LogP contribution is 2.32. The van der Waals surface area contributed by atoms with Gasteiger partial charge in [-0.3, -0.25) is 9.59 Å². The van der Waals surface area contributed by atoms with Crippen molar-refractivity contribution in [3.8, 4) is 0 Å². The Morgan fingerprint density at radius 3 is 2.45 bits per heavy atom. The van der Waals surface area contributed by atoms with E-state index >= 15 is 0 Å². The first-order valence-corrected chi connectivity index (χ1v) is 12.9. The molecule has 1 fully saturated rings. The summed E-state index contributed by atoms with van der Waals surface area (Å²) >= 11 is 0. The summed E-state index contributed by atoms with van der Waals surface area (Å²) in [4.78, 5) is 50.9. The van der Waals surface area contributed by atoms with Crippen LogP contribution < -0.4 is 20.4 Å². The van der Waals surface area contributed by atoms with Crippen molar-refractivity contribution in [1.29, 1.82) is 0 Å². The number of amides is 3. The summed E-state index contributed by atoms with van der Waals surface area (Å²) in [6, 6.07) is 9.44. The molecule has 0 spiro atoms. The molecule has 1 aliphatic rings. The maximum atomic E-state index is 14.9. The molecule has 0 aliphatic carbocycles. The zero-order valence-electron chi connectivity index (χ0n) is 22.8. The van der Waals surface area contributed by atoms with Crippen LogP contribution in [0.25, 0.3) is 0 Å². The molecule has 2 aromatic carbocycles. The lowest BCUT2D eigenvalue weighted by atomic mass is 9.92. The molecule has 0 aromatic heterocycles. The fourth-order valence-corrected chi connectivity index (χ4v) is 4.55. The number of aryl methyl sites for hydroxylation is 1. The number of nitrogens with zero attached hydrogens (tertiary/aromatic N) is 2. The molecule has 1 aliphatic heterocycles. The SMILES string of the molecule is C=C(CCOC(=O)NC1CN(c2cc(F)c(C(CCC=O)C(=O)NC)c(F)c2)C1)C(=O)N(C)c1ccccc1C. The maximum Gasteiger partial charge on any atom is 0.407 e. The van der Waals surface area contributed by atoms with Gasteiger partial charge in [0.2, 0.25) is 5.91 Å². The number of alkyl carbamates (subject to hydrolysis) is 1. The van der Waals surface area contributed by atoms with Gasteiger partial charge < -0.3 is 30.0 Å². The Morgan fingerprint density at radius 2 is 1.85 bits per heavy atom. The minimum absolute atomic E-state index is 0.0108. The summed E-state index contributed by atoms with van der Waals surface area (Å²) in [5.74, 6) is -3.74. The van der Waals surface area contributed by atoms with E-state index in [0.717, 1.165) is 23.4 Å². The second kappa shape index (κ2) is 13.7. The standard InChI is InChI=1S/C29H34F2N4O5/c1-18-8-5-6-10-25(18)34(4)28(38)19(2)11-13-40-29(39)33-20-16-35(17-20)21-14-23(30)26(24(31)15-21)22(9-7-12-36)27(37)32-3/h5-6,8,10,12,14-15,20,22H,2,7,9,11,13,16-17H2,1,3-4H3,(H,32,37)(H,33,39). The van der Waals surface area contributed by atoms with Gasteiger partial charge in [-0.15, -0.1) is 0 Å². The Morgan fingerprint density at radius 1 is 1.20 bits per heavy atom. The van der Waals surface area contributed by atoms with Crippen molar-refractivity contribution in [1.82, 2.24) is 10.6 Å². The number of anilines is 2. The third-order valence-electron chi connectivity index (χ3n) is 6.84. The van der Waals surface area contributed by atoms with E-state index in [2.05, 4.69) is 17.2 Å². The third-order valence-corrected chi connectivity index (χ3v) is 6.84. The molecule has 1 atom stereocenters. The van der Waals surface area contributed by atoms with Crippen molar-refractivity contribution in [2.24, 2.45) is 0 Å². The molecule has 2 N–H and O–H groups in total. The number of hydrogen-bond donors (Lipinski definition) is 2. The Labute approximate surface area is 232 Å². The average molecular weight is 557 g/mol. The minimum Gasteiger partial charge on any atom is -0.449 e. The van der Waals surface area contributed by atoms with E-state index < -0.39 is 29.6 Å². The number of ether oxygens (including phenoxy) is 1. The summed E-state index contributed by atoms with van der Waals surface area (Å²) in [5, 5.41) is 5.05. The van der Waals surface area contributed by atoms with Crippen molar-refractivity contribution in [2.75, 3.05) is 43.6 Å². The second-order valence-electron chi connectivity index (χ2n) is 9.62. The largest absolute Gasteiger partial charge is 0.449 e. The van der Waals surface area contributed by atoms with Gasteiger partial charge in [0.15, 0.2) is 0 Å². The Hall–Kier alpha value is -4.28. The third kappa shape index (κ3) is 7.22. The molecule has 1 unspecified atom stereocenters. The van der Waals surface area contributed by atoms with Crippen molar-refractivity contribution in [3.63, 3.8) is 0 Å². The van der Waals surface area contributed by atoms with Crippen LogP contribution in [-0.2, 0) is 19.1 Å². The van der Waals surface area contributed by atoms with Crippen molar-refractivity contribution < 1.29 is 32.7 Å². The number of benzene rings is 2. The number of likely N-dealkylation sites (N-methyl/N-ethyl adjacent to an activating group) is 2. The van der Waals surface area contributed by atoms with Crippen LogP contribution in [0.5, 0.6) is 0 Å². The Balaban J connectivity index is 1.47. The molecule has 1 saturated heterocycles. The summed E-state index contributed by atoms with van der Waals surface area (Å²) < 4.78 is 34.9. The smallest absolute Gasteiger partial charge is 0.407 e. The quantitative estimate of drug-likeness (QED) is 0.306. The first-order chi connectivity index (χ1) is 19.1. The Kier molecular flexibility index (Phi) is 10.4. The van der Waals surface area contributed by atoms with Crippen LogP contribution in [-0.4, -0.2) is 64.0 Å². The van der Waals surface area contributed by atoms with Gasteiger partial charge in [0.05, 0.1) is 18.6 Å². The number of nitrogens with one attached hydrogen (secondary N) is 2. The molecular weight excluding hydrogens is 522 g/mol. The van der Waals surface area contributed by atoms with Crippen LogP contribution in [0.3, 0.4) is 0 Å². The van der Waals surface area contributed by atoms with Crippen LogP contribution in [0.4, 0.5) is 25.0 Å². The molecule has 3 rings (SSSR count). The highest BCUT2D eigenvalue weighted by Gasteiger charge is 2.32. The van der Waals surface area contributed by atoms with Crippen LogP contribution >= 0.6 is 0 Å². The van der Waals surface area contributed by atoms with Gasteiger partial charge in [0.25, 0.3) is 5.91 Å². The second-order valence-corrected chi connectivity index (χ2v) is 9.62. The maximum absolute atomic E-state index is 14.9. The van der Waals surface area contributed by atoms with Crippen LogP contribution in [0.15, 0.2) is 48.6 Å². The molecule has 214 valence electrons. The van der Waals surface area contributed by atoms with Gasteiger partial charge in [-0.05, 0) is 37.1 Å². The lowest BCUT2D eigenvalue weighted by molar-refractivity contribution is -0.122. The van der Waals surface area contributed by atoms with E-state index in [1.54, 1.807) is 11.9 Å². The van der Waals surface area contributed by atoms with E-state index in [4.69, 9.17) is 4.74 Å². The number of hydrogen-bond acceptors (Lipinski definition) is 6. The number of carbonyl (C=O) groups is 4. The predicted octanol–water partition coefficient (Wildman–Crippen LogP) is 3.61. The number of aldehydes is 1. The molecule has 1 heterocycles. The molecular formula is C29H34F2N4O5. The molecule has 2 aromatic rings. The monoisotopic (exact) mass is 556 g/mol. The van der Waals surface area contributed by atoms with Gasteiger partial charge in [0, 0.05) is 62.5 Å². The van der Waals surface area contributed by atoms with E-state index in [9.17, 15) is 28.0 Å². The number of para-hydroxylation sites is 1. The zero-order valence-corrected chi connectivity index (χ0v) is 22.8. The van der Waals surface area contributed by atoms with E-state index in [1.165, 1.54) is 11.9 Å². The lowest BCUT2D eigenvalue weighted by Crippen LogP contribution is -2.59. The molecule has 0 radical (unpaired) electrons. The Bertz CT molecular complexity index is 1260.